The number of aryl methyl sites for hydroxylation is 1. The van der Waals surface area contributed by atoms with Gasteiger partial charge in [-0.1, -0.05) is 17.7 Å². The lowest BCUT2D eigenvalue weighted by Crippen LogP contribution is -2.07. The number of nitrogens with one attached hydrogen (secondary N) is 1. The van der Waals surface area contributed by atoms with Crippen LogP contribution in [0.4, 0.5) is 5.69 Å². The van der Waals surface area contributed by atoms with Crippen molar-refractivity contribution in [2.24, 2.45) is 0 Å². The Balaban J connectivity index is 1.55. The number of carbonyl (C=O) groups excluding carboxylic acids is 1. The summed E-state index contributed by atoms with van der Waals surface area (Å²) in [7, 11) is 0. The van der Waals surface area contributed by atoms with Crippen molar-refractivity contribution in [3.8, 4) is 11.5 Å². The number of furan rings is 1. The number of carbonyl (C=O) groups is 1. The van der Waals surface area contributed by atoms with Crippen LogP contribution in [0.3, 0.4) is 0 Å². The number of amides is 1. The highest BCUT2D eigenvalue weighted by molar-refractivity contribution is 6.02. The first-order valence-corrected chi connectivity index (χ1v) is 8.17. The summed E-state index contributed by atoms with van der Waals surface area (Å²) < 4.78 is 11.0. The number of benzene rings is 2. The predicted octanol–water partition coefficient (Wildman–Crippen LogP) is 5.05. The molecule has 5 heteroatoms. The first-order valence-electron chi connectivity index (χ1n) is 8.17. The first kappa shape index (κ1) is 15.9. The van der Waals surface area contributed by atoms with Gasteiger partial charge in [-0.3, -0.25) is 4.79 Å². The fourth-order valence-corrected chi connectivity index (χ4v) is 2.63. The molecule has 2 heterocycles. The summed E-state index contributed by atoms with van der Waals surface area (Å²) in [6.07, 6.45) is 4.59. The summed E-state index contributed by atoms with van der Waals surface area (Å²) in [5.41, 5.74) is 4.07. The minimum absolute atomic E-state index is 0.247. The molecule has 4 rings (SSSR count). The van der Waals surface area contributed by atoms with Gasteiger partial charge in [0.25, 0.3) is 0 Å². The van der Waals surface area contributed by atoms with E-state index in [1.807, 2.05) is 31.2 Å². The molecule has 2 aromatic carbocycles. The Labute approximate surface area is 150 Å². The number of anilines is 1. The van der Waals surface area contributed by atoms with Crippen LogP contribution in [-0.4, -0.2) is 10.9 Å². The number of nitrogens with zero attached hydrogens (tertiary/aromatic N) is 1. The lowest BCUT2D eigenvalue weighted by atomic mass is 10.1. The summed E-state index contributed by atoms with van der Waals surface area (Å²) >= 11 is 0. The predicted molar refractivity (Wildman–Crippen MR) is 101 cm³/mol. The van der Waals surface area contributed by atoms with Crippen molar-refractivity contribution < 1.29 is 13.6 Å². The zero-order chi connectivity index (χ0) is 17.9. The van der Waals surface area contributed by atoms with E-state index in [4.69, 9.17) is 8.83 Å². The molecule has 0 saturated heterocycles. The van der Waals surface area contributed by atoms with Crippen LogP contribution in [0.2, 0.25) is 0 Å². The van der Waals surface area contributed by atoms with Crippen molar-refractivity contribution in [1.82, 2.24) is 4.98 Å². The van der Waals surface area contributed by atoms with E-state index < -0.39 is 0 Å². The van der Waals surface area contributed by atoms with Crippen molar-refractivity contribution in [1.29, 1.82) is 0 Å². The minimum atomic E-state index is -0.247. The second kappa shape index (κ2) is 6.72. The van der Waals surface area contributed by atoms with Gasteiger partial charge in [-0.15, -0.1) is 0 Å². The molecule has 0 atom stereocenters. The Bertz CT molecular complexity index is 1090. The molecule has 0 fully saturated rings. The number of fused-ring (bicyclic) bond motifs is 1. The van der Waals surface area contributed by atoms with Crippen LogP contribution < -0.4 is 5.32 Å². The molecule has 0 spiro atoms. The molecule has 0 saturated carbocycles. The molecule has 26 heavy (non-hydrogen) atoms. The van der Waals surface area contributed by atoms with E-state index in [1.54, 1.807) is 42.7 Å². The molecule has 1 amide bonds. The molecular formula is C21H16N2O3. The highest BCUT2D eigenvalue weighted by atomic mass is 16.3. The van der Waals surface area contributed by atoms with E-state index in [0.29, 0.717) is 28.4 Å². The van der Waals surface area contributed by atoms with Crippen LogP contribution in [0.1, 0.15) is 11.3 Å². The number of rotatable bonds is 4. The molecule has 0 aliphatic rings. The Hall–Kier alpha value is -3.60. The van der Waals surface area contributed by atoms with Crippen molar-refractivity contribution in [3.05, 3.63) is 78.3 Å². The summed E-state index contributed by atoms with van der Waals surface area (Å²) in [5.74, 6) is 0.933. The summed E-state index contributed by atoms with van der Waals surface area (Å²) in [6.45, 7) is 2.02. The molecule has 0 unspecified atom stereocenters. The van der Waals surface area contributed by atoms with Crippen molar-refractivity contribution >= 4 is 28.8 Å². The van der Waals surface area contributed by atoms with Gasteiger partial charge in [0.2, 0.25) is 11.8 Å². The highest BCUT2D eigenvalue weighted by Crippen LogP contribution is 2.26. The maximum Gasteiger partial charge on any atom is 0.248 e. The van der Waals surface area contributed by atoms with Gasteiger partial charge in [0.05, 0.1) is 6.26 Å². The van der Waals surface area contributed by atoms with Crippen LogP contribution >= 0.6 is 0 Å². The van der Waals surface area contributed by atoms with Crippen LogP contribution in [-0.2, 0) is 4.79 Å². The van der Waals surface area contributed by atoms with E-state index in [2.05, 4.69) is 10.3 Å². The molecule has 0 aliphatic carbocycles. The van der Waals surface area contributed by atoms with Crippen molar-refractivity contribution in [3.63, 3.8) is 0 Å². The number of oxazole rings is 1. The fourth-order valence-electron chi connectivity index (χ4n) is 2.63. The molecule has 5 nitrogen and oxygen atoms in total. The molecule has 4 aromatic rings. The van der Waals surface area contributed by atoms with Crippen molar-refractivity contribution in [2.45, 2.75) is 6.92 Å². The van der Waals surface area contributed by atoms with E-state index in [9.17, 15) is 4.79 Å². The van der Waals surface area contributed by atoms with E-state index in [-0.39, 0.29) is 5.91 Å². The molecular weight excluding hydrogens is 328 g/mol. The average Bonchev–Trinajstić information content (AvgIpc) is 3.29. The molecule has 0 bridgehead atoms. The third-order valence-electron chi connectivity index (χ3n) is 3.86. The van der Waals surface area contributed by atoms with Gasteiger partial charge in [-0.05, 0) is 55.5 Å². The Morgan fingerprint density at radius 1 is 1.12 bits per heavy atom. The zero-order valence-electron chi connectivity index (χ0n) is 14.1. The third-order valence-corrected chi connectivity index (χ3v) is 3.86. The van der Waals surface area contributed by atoms with Gasteiger partial charge in [-0.2, -0.15) is 0 Å². The van der Waals surface area contributed by atoms with Gasteiger partial charge in [0, 0.05) is 17.3 Å². The largest absolute Gasteiger partial charge is 0.465 e. The highest BCUT2D eigenvalue weighted by Gasteiger charge is 2.09. The van der Waals surface area contributed by atoms with E-state index >= 15 is 0 Å². The minimum Gasteiger partial charge on any atom is -0.465 e. The third kappa shape index (κ3) is 3.42. The second-order valence-electron chi connectivity index (χ2n) is 5.91. The molecule has 0 radical (unpaired) electrons. The van der Waals surface area contributed by atoms with E-state index in [0.717, 1.165) is 11.1 Å². The second-order valence-corrected chi connectivity index (χ2v) is 5.91. The Morgan fingerprint density at radius 3 is 2.85 bits per heavy atom. The van der Waals surface area contributed by atoms with Crippen LogP contribution in [0, 0.1) is 6.92 Å². The molecule has 0 aliphatic heterocycles. The lowest BCUT2D eigenvalue weighted by Gasteiger charge is -2.00. The maximum absolute atomic E-state index is 12.0. The molecule has 2 aromatic heterocycles. The first-order chi connectivity index (χ1) is 12.7. The average molecular weight is 344 g/mol. The van der Waals surface area contributed by atoms with Crippen molar-refractivity contribution in [2.75, 3.05) is 5.32 Å². The van der Waals surface area contributed by atoms with Gasteiger partial charge in [-0.25, -0.2) is 4.98 Å². The van der Waals surface area contributed by atoms with Gasteiger partial charge in [0.1, 0.15) is 11.3 Å². The molecule has 128 valence electrons. The summed E-state index contributed by atoms with van der Waals surface area (Å²) in [5, 5.41) is 2.81. The van der Waals surface area contributed by atoms with Gasteiger partial charge < -0.3 is 14.2 Å². The molecule has 1 N–H and O–H groups in total. The Kier molecular flexibility index (Phi) is 4.11. The fraction of sp³-hybridized carbons (Fsp3) is 0.0476. The monoisotopic (exact) mass is 344 g/mol. The smallest absolute Gasteiger partial charge is 0.248 e. The topological polar surface area (TPSA) is 68.3 Å². The van der Waals surface area contributed by atoms with Crippen LogP contribution in [0.25, 0.3) is 28.6 Å². The Morgan fingerprint density at radius 2 is 2.04 bits per heavy atom. The van der Waals surface area contributed by atoms with Gasteiger partial charge >= 0.3 is 0 Å². The quantitative estimate of drug-likeness (QED) is 0.526. The van der Waals surface area contributed by atoms with Gasteiger partial charge in [0.15, 0.2) is 5.58 Å². The number of aromatic nitrogens is 1. The van der Waals surface area contributed by atoms with Crippen LogP contribution in [0.15, 0.2) is 75.8 Å². The lowest BCUT2D eigenvalue weighted by molar-refractivity contribution is -0.111. The standard InChI is InChI=1S/C21H16N2O3/c1-14-4-2-5-15(12-14)21-23-18-13-16(7-9-19(18)26-21)22-20(24)10-8-17-6-3-11-25-17/h2-13H,1H3,(H,22,24)/b10-8+. The SMILES string of the molecule is Cc1cccc(-c2nc3cc(NC(=O)/C=C/c4ccco4)ccc3o2)c1. The maximum atomic E-state index is 12.0. The summed E-state index contributed by atoms with van der Waals surface area (Å²) in [4.78, 5) is 16.6. The number of hydrogen-bond donors (Lipinski definition) is 1. The normalized spacial score (nSPS) is 11.3. The number of hydrogen-bond acceptors (Lipinski definition) is 4. The van der Waals surface area contributed by atoms with Crippen LogP contribution in [0.5, 0.6) is 0 Å². The van der Waals surface area contributed by atoms with E-state index in [1.165, 1.54) is 6.08 Å². The summed E-state index contributed by atoms with van der Waals surface area (Å²) in [6, 6.07) is 16.9. The zero-order valence-corrected chi connectivity index (χ0v) is 14.1.